The predicted molar refractivity (Wildman–Crippen MR) is 147 cm³/mol. The zero-order valence-corrected chi connectivity index (χ0v) is 23.9. The number of carbonyl (C=O) groups excluding carboxylic acids is 2. The quantitative estimate of drug-likeness (QED) is 0.234. The first kappa shape index (κ1) is 33.0. The van der Waals surface area contributed by atoms with Crippen LogP contribution in [0.3, 0.4) is 0 Å². The van der Waals surface area contributed by atoms with Crippen molar-refractivity contribution in [1.29, 1.82) is 0 Å². The van der Waals surface area contributed by atoms with Crippen molar-refractivity contribution in [1.82, 2.24) is 15.1 Å². The van der Waals surface area contributed by atoms with Crippen molar-refractivity contribution in [2.75, 3.05) is 6.61 Å². The molecule has 0 saturated carbocycles. The molecule has 0 aliphatic carbocycles. The number of benzene rings is 2. The Balaban J connectivity index is 1.82. The highest BCUT2D eigenvalue weighted by atomic mass is 19.2. The minimum absolute atomic E-state index is 0.0409. The molecule has 0 aliphatic heterocycles. The molecule has 1 amide bonds. The van der Waals surface area contributed by atoms with Gasteiger partial charge in [0.15, 0.2) is 23.2 Å². The molecule has 230 valence electrons. The second kappa shape index (κ2) is 13.6. The van der Waals surface area contributed by atoms with E-state index in [1.807, 2.05) is 45.0 Å². The van der Waals surface area contributed by atoms with Gasteiger partial charge in [-0.1, -0.05) is 52.0 Å². The number of carboxylic acid groups (broad SMARTS) is 1. The summed E-state index contributed by atoms with van der Waals surface area (Å²) in [6, 6.07) is 7.16. The fraction of sp³-hybridized carbons (Fsp3) is 0.367. The SMILES string of the molecule is CC[C@@H](C(=O)N[C@@H](CC(=O)O)C(=O)COc1c(F)c(F)cc(F)c1F)c1ccnn(Cc2cccc(C(C)(C)C)c2)c1=O. The number of rotatable bonds is 12. The molecule has 13 heteroatoms. The van der Waals surface area contributed by atoms with E-state index in [1.165, 1.54) is 16.9 Å². The molecule has 0 unspecified atom stereocenters. The summed E-state index contributed by atoms with van der Waals surface area (Å²) in [5.74, 6) is -13.5. The Hall–Kier alpha value is -4.55. The zero-order chi connectivity index (χ0) is 32.1. The second-order valence-corrected chi connectivity index (χ2v) is 10.9. The molecule has 2 N–H and O–H groups in total. The molecule has 0 radical (unpaired) electrons. The van der Waals surface area contributed by atoms with E-state index in [1.54, 1.807) is 6.92 Å². The van der Waals surface area contributed by atoms with E-state index < -0.39 is 77.2 Å². The molecule has 43 heavy (non-hydrogen) atoms. The average molecular weight is 606 g/mol. The maximum atomic E-state index is 13.9. The fourth-order valence-electron chi connectivity index (χ4n) is 4.31. The number of Topliss-reactive ketones (excluding diaryl/α,β-unsaturated/α-hetero) is 1. The lowest BCUT2D eigenvalue weighted by Gasteiger charge is -2.21. The van der Waals surface area contributed by atoms with Crippen molar-refractivity contribution < 1.29 is 41.8 Å². The molecule has 0 bridgehead atoms. The summed E-state index contributed by atoms with van der Waals surface area (Å²) in [5, 5.41) is 15.6. The maximum absolute atomic E-state index is 13.9. The minimum atomic E-state index is -1.89. The lowest BCUT2D eigenvalue weighted by molar-refractivity contribution is -0.140. The molecule has 1 heterocycles. The predicted octanol–water partition coefficient (Wildman–Crippen LogP) is 4.25. The Labute approximate surface area is 244 Å². The molecule has 3 aromatic rings. The van der Waals surface area contributed by atoms with Crippen molar-refractivity contribution in [2.45, 2.75) is 64.5 Å². The van der Waals surface area contributed by atoms with Gasteiger partial charge < -0.3 is 15.2 Å². The Morgan fingerprint density at radius 2 is 1.70 bits per heavy atom. The summed E-state index contributed by atoms with van der Waals surface area (Å²) >= 11 is 0. The van der Waals surface area contributed by atoms with Crippen molar-refractivity contribution in [3.8, 4) is 5.75 Å². The largest absolute Gasteiger partial charge is 0.481 e. The number of ether oxygens (including phenoxy) is 1. The Kier molecular flexibility index (Phi) is 10.4. The third-order valence-corrected chi connectivity index (χ3v) is 6.68. The van der Waals surface area contributed by atoms with Crippen LogP contribution in [0.4, 0.5) is 17.6 Å². The van der Waals surface area contributed by atoms with Gasteiger partial charge in [0, 0.05) is 17.8 Å². The zero-order valence-electron chi connectivity index (χ0n) is 23.9. The molecule has 0 aliphatic rings. The van der Waals surface area contributed by atoms with Crippen LogP contribution in [0, 0.1) is 23.3 Å². The van der Waals surface area contributed by atoms with Gasteiger partial charge in [0.1, 0.15) is 12.6 Å². The molecule has 2 aromatic carbocycles. The van der Waals surface area contributed by atoms with Gasteiger partial charge in [-0.15, -0.1) is 0 Å². The van der Waals surface area contributed by atoms with Crippen molar-refractivity contribution in [2.24, 2.45) is 0 Å². The lowest BCUT2D eigenvalue weighted by atomic mass is 9.86. The van der Waals surface area contributed by atoms with Gasteiger partial charge in [-0.3, -0.25) is 19.2 Å². The monoisotopic (exact) mass is 605 g/mol. The molecule has 2 atom stereocenters. The number of nitrogens with one attached hydrogen (secondary N) is 1. The number of amides is 1. The molecule has 1 aromatic heterocycles. The second-order valence-electron chi connectivity index (χ2n) is 10.9. The topological polar surface area (TPSA) is 128 Å². The first-order valence-electron chi connectivity index (χ1n) is 13.3. The van der Waals surface area contributed by atoms with Gasteiger partial charge in [-0.25, -0.2) is 13.5 Å². The van der Waals surface area contributed by atoms with Crippen molar-refractivity contribution >= 4 is 17.7 Å². The van der Waals surface area contributed by atoms with Crippen LogP contribution in [0.1, 0.15) is 63.1 Å². The van der Waals surface area contributed by atoms with Gasteiger partial charge in [-0.05, 0) is 29.0 Å². The number of aromatic nitrogens is 2. The molecule has 0 fully saturated rings. The molecule has 0 saturated heterocycles. The summed E-state index contributed by atoms with van der Waals surface area (Å²) in [6.45, 7) is 6.64. The van der Waals surface area contributed by atoms with Crippen LogP contribution in [-0.2, 0) is 26.3 Å². The first-order chi connectivity index (χ1) is 20.1. The number of hydrogen-bond acceptors (Lipinski definition) is 6. The van der Waals surface area contributed by atoms with Crippen molar-refractivity contribution in [3.63, 3.8) is 0 Å². The highest BCUT2D eigenvalue weighted by Gasteiger charge is 2.30. The van der Waals surface area contributed by atoms with Crippen LogP contribution in [0.15, 0.2) is 47.4 Å². The number of ketones is 1. The van der Waals surface area contributed by atoms with E-state index in [9.17, 15) is 41.8 Å². The van der Waals surface area contributed by atoms with Crippen LogP contribution < -0.4 is 15.6 Å². The van der Waals surface area contributed by atoms with E-state index in [-0.39, 0.29) is 30.0 Å². The molecular formula is C30H31F4N3O6. The molecule has 0 spiro atoms. The van der Waals surface area contributed by atoms with Crippen LogP contribution in [0.5, 0.6) is 5.75 Å². The smallest absolute Gasteiger partial charge is 0.305 e. The third-order valence-electron chi connectivity index (χ3n) is 6.68. The number of hydrogen-bond donors (Lipinski definition) is 2. The number of carboxylic acids is 1. The summed E-state index contributed by atoms with van der Waals surface area (Å²) in [4.78, 5) is 50.7. The third kappa shape index (κ3) is 8.05. The lowest BCUT2D eigenvalue weighted by Crippen LogP contribution is -2.46. The van der Waals surface area contributed by atoms with Gasteiger partial charge in [0.05, 0.1) is 18.9 Å². The summed E-state index contributed by atoms with van der Waals surface area (Å²) in [6.07, 6.45) is 0.473. The van der Waals surface area contributed by atoms with Crippen LogP contribution in [0.25, 0.3) is 0 Å². The van der Waals surface area contributed by atoms with Crippen LogP contribution >= 0.6 is 0 Å². The minimum Gasteiger partial charge on any atom is -0.481 e. The summed E-state index contributed by atoms with van der Waals surface area (Å²) in [7, 11) is 0. The fourth-order valence-corrected chi connectivity index (χ4v) is 4.31. The standard InChI is InChI=1S/C30H31F4N3O6/c1-5-18(19-9-10-35-37(29(19)42)14-16-7-6-8-17(11-16)30(2,3)4)28(41)36-22(13-24(39)40)23(38)15-43-27-25(33)20(31)12-21(32)26(27)34/h6-12,18,22H,5,13-15H2,1-4H3,(H,36,41)(H,39,40)/t18-,22+/m1/s1. The van der Waals surface area contributed by atoms with Crippen molar-refractivity contribution in [3.05, 3.63) is 92.9 Å². The first-order valence-corrected chi connectivity index (χ1v) is 13.3. The Morgan fingerprint density at radius 3 is 2.28 bits per heavy atom. The molecule has 9 nitrogen and oxygen atoms in total. The van der Waals surface area contributed by atoms with E-state index >= 15 is 0 Å². The Bertz CT molecular complexity index is 1560. The summed E-state index contributed by atoms with van der Waals surface area (Å²) < 4.78 is 60.6. The van der Waals surface area contributed by atoms with Gasteiger partial charge in [0.2, 0.25) is 17.5 Å². The van der Waals surface area contributed by atoms with E-state index in [0.29, 0.717) is 0 Å². The van der Waals surface area contributed by atoms with E-state index in [0.717, 1.165) is 11.1 Å². The average Bonchev–Trinajstić information content (AvgIpc) is 2.93. The van der Waals surface area contributed by atoms with Gasteiger partial charge in [-0.2, -0.15) is 13.9 Å². The normalized spacial score (nSPS) is 12.8. The molecule has 3 rings (SSSR count). The van der Waals surface area contributed by atoms with Crippen LogP contribution in [0.2, 0.25) is 0 Å². The highest BCUT2D eigenvalue weighted by Crippen LogP contribution is 2.27. The number of carbonyl (C=O) groups is 3. The van der Waals surface area contributed by atoms with Gasteiger partial charge in [0.25, 0.3) is 5.56 Å². The Morgan fingerprint density at radius 1 is 1.05 bits per heavy atom. The number of halogens is 4. The number of nitrogens with zero attached hydrogens (tertiary/aromatic N) is 2. The van der Waals surface area contributed by atoms with Gasteiger partial charge >= 0.3 is 5.97 Å². The van der Waals surface area contributed by atoms with E-state index in [2.05, 4.69) is 15.2 Å². The maximum Gasteiger partial charge on any atom is 0.305 e. The number of aliphatic carboxylic acids is 1. The molecular weight excluding hydrogens is 574 g/mol. The highest BCUT2D eigenvalue weighted by molar-refractivity contribution is 5.94. The summed E-state index contributed by atoms with van der Waals surface area (Å²) in [5.41, 5.74) is 1.18. The van der Waals surface area contributed by atoms with Crippen LogP contribution in [-0.4, -0.2) is 45.2 Å². The van der Waals surface area contributed by atoms with E-state index in [4.69, 9.17) is 0 Å².